The smallest absolute Gasteiger partial charge is 0.416 e. The lowest BCUT2D eigenvalue weighted by Gasteiger charge is -2.25. The first-order valence-corrected chi connectivity index (χ1v) is 10.9. The average Bonchev–Trinajstić information content (AvgIpc) is 3.26. The molecule has 182 valence electrons. The lowest BCUT2D eigenvalue weighted by Crippen LogP contribution is -2.44. The van der Waals surface area contributed by atoms with Crippen LogP contribution in [0.25, 0.3) is 10.8 Å². The molecule has 0 bridgehead atoms. The highest BCUT2D eigenvalue weighted by Crippen LogP contribution is 2.36. The summed E-state index contributed by atoms with van der Waals surface area (Å²) in [5, 5.41) is 8.12. The Morgan fingerprint density at radius 3 is 2.63 bits per heavy atom. The van der Waals surface area contributed by atoms with E-state index >= 15 is 0 Å². The van der Waals surface area contributed by atoms with Crippen LogP contribution in [0.4, 0.5) is 13.2 Å². The molecule has 0 fully saturated rings. The number of ether oxygens (including phenoxy) is 1. The molecule has 4 rings (SSSR count). The van der Waals surface area contributed by atoms with Crippen LogP contribution in [0.5, 0.6) is 0 Å². The number of fused-ring (bicyclic) bond motifs is 1. The van der Waals surface area contributed by atoms with Crippen molar-refractivity contribution in [3.05, 3.63) is 77.6 Å². The maximum Gasteiger partial charge on any atom is 0.416 e. The summed E-state index contributed by atoms with van der Waals surface area (Å²) in [6.45, 7) is 1.53. The molecule has 2 aromatic carbocycles. The molecule has 1 aromatic heterocycles. The number of benzene rings is 2. The van der Waals surface area contributed by atoms with Gasteiger partial charge >= 0.3 is 12.1 Å². The molecule has 2 heterocycles. The Bertz CT molecular complexity index is 1290. The third-order valence-corrected chi connectivity index (χ3v) is 5.63. The second-order valence-electron chi connectivity index (χ2n) is 8.04. The van der Waals surface area contributed by atoms with E-state index in [9.17, 15) is 22.8 Å². The number of aromatic nitrogens is 1. The molecular formula is C25H22F3N3O4. The van der Waals surface area contributed by atoms with Crippen LogP contribution in [-0.4, -0.2) is 41.3 Å². The molecule has 1 N–H and O–H groups in total. The monoisotopic (exact) mass is 485 g/mol. The number of oxime groups is 1. The van der Waals surface area contributed by atoms with Gasteiger partial charge in [0.25, 0.3) is 5.91 Å². The van der Waals surface area contributed by atoms with Crippen molar-refractivity contribution in [1.82, 2.24) is 10.3 Å². The van der Waals surface area contributed by atoms with Crippen molar-refractivity contribution in [2.45, 2.75) is 31.5 Å². The molecule has 10 heteroatoms. The number of halogens is 3. The molecule has 0 aliphatic carbocycles. The molecule has 0 saturated heterocycles. The van der Waals surface area contributed by atoms with Gasteiger partial charge < -0.3 is 14.9 Å². The lowest BCUT2D eigenvalue weighted by molar-refractivity contribution is -0.169. The highest BCUT2D eigenvalue weighted by atomic mass is 19.4. The molecule has 3 aromatic rings. The van der Waals surface area contributed by atoms with Gasteiger partial charge in [0.1, 0.15) is 5.69 Å². The first kappa shape index (κ1) is 24.2. The Morgan fingerprint density at radius 1 is 1.11 bits per heavy atom. The van der Waals surface area contributed by atoms with Crippen LogP contribution in [0.1, 0.15) is 35.0 Å². The maximum absolute atomic E-state index is 13.5. The number of hydrogen-bond acceptors (Lipinski definition) is 6. The molecular weight excluding hydrogens is 463 g/mol. The minimum absolute atomic E-state index is 0.0175. The number of carbonyl (C=O) groups is 2. The van der Waals surface area contributed by atoms with Crippen molar-refractivity contribution in [2.24, 2.45) is 5.16 Å². The summed E-state index contributed by atoms with van der Waals surface area (Å²) in [6.07, 6.45) is -3.61. The number of amides is 1. The van der Waals surface area contributed by atoms with Gasteiger partial charge in [-0.3, -0.25) is 9.78 Å². The molecule has 1 atom stereocenters. The van der Waals surface area contributed by atoms with E-state index in [1.807, 2.05) is 12.1 Å². The zero-order valence-electron chi connectivity index (χ0n) is 18.8. The van der Waals surface area contributed by atoms with E-state index in [-0.39, 0.29) is 36.5 Å². The predicted octanol–water partition coefficient (Wildman–Crippen LogP) is 4.30. The summed E-state index contributed by atoms with van der Waals surface area (Å²) in [5.41, 5.74) is -2.24. The number of carbonyl (C=O) groups excluding carboxylic acids is 2. The number of rotatable bonds is 7. The second-order valence-corrected chi connectivity index (χ2v) is 8.04. The SMILES string of the molecule is CCOC(=O)C1(Cc2ccccc2C(F)(F)F)CC(CNC(=O)c2nccc3ccccc23)=NO1. The Kier molecular flexibility index (Phi) is 6.72. The summed E-state index contributed by atoms with van der Waals surface area (Å²) in [5.74, 6) is -1.28. The van der Waals surface area contributed by atoms with Crippen molar-refractivity contribution < 1.29 is 32.3 Å². The molecule has 7 nitrogen and oxygen atoms in total. The predicted molar refractivity (Wildman–Crippen MR) is 122 cm³/mol. The van der Waals surface area contributed by atoms with Crippen molar-refractivity contribution in [3.8, 4) is 0 Å². The van der Waals surface area contributed by atoms with Crippen LogP contribution < -0.4 is 5.32 Å². The third kappa shape index (κ3) is 5.11. The van der Waals surface area contributed by atoms with Gasteiger partial charge in [0, 0.05) is 24.4 Å². The van der Waals surface area contributed by atoms with Gasteiger partial charge in [-0.25, -0.2) is 4.79 Å². The van der Waals surface area contributed by atoms with E-state index < -0.39 is 35.6 Å². The standard InChI is InChI=1S/C25H22F3N3O4/c1-2-34-23(33)24(13-17-8-4-6-10-20(17)25(26,27)28)14-18(31-35-24)15-30-22(32)21-19-9-5-3-7-16(19)11-12-29-21/h3-12H,2,13-15H2,1H3,(H,30,32). The van der Waals surface area contributed by atoms with E-state index in [1.54, 1.807) is 25.1 Å². The Labute approximate surface area is 198 Å². The fourth-order valence-corrected chi connectivity index (χ4v) is 4.01. The lowest BCUT2D eigenvalue weighted by atomic mass is 9.87. The first-order chi connectivity index (χ1) is 16.7. The van der Waals surface area contributed by atoms with Crippen LogP contribution in [0.3, 0.4) is 0 Å². The minimum atomic E-state index is -4.60. The van der Waals surface area contributed by atoms with E-state index in [2.05, 4.69) is 15.5 Å². The summed E-state index contributed by atoms with van der Waals surface area (Å²) < 4.78 is 45.6. The van der Waals surface area contributed by atoms with Gasteiger partial charge in [-0.05, 0) is 30.0 Å². The molecule has 35 heavy (non-hydrogen) atoms. The average molecular weight is 485 g/mol. The van der Waals surface area contributed by atoms with Crippen molar-refractivity contribution in [3.63, 3.8) is 0 Å². The van der Waals surface area contributed by atoms with E-state index in [0.29, 0.717) is 5.39 Å². The molecule has 1 aliphatic heterocycles. The number of pyridine rings is 1. The Balaban J connectivity index is 1.51. The third-order valence-electron chi connectivity index (χ3n) is 5.63. The molecule has 1 aliphatic rings. The van der Waals surface area contributed by atoms with Gasteiger partial charge in [0.2, 0.25) is 5.60 Å². The summed E-state index contributed by atoms with van der Waals surface area (Å²) in [4.78, 5) is 35.1. The number of nitrogens with one attached hydrogen (secondary N) is 1. The quantitative estimate of drug-likeness (QED) is 0.504. The van der Waals surface area contributed by atoms with Gasteiger partial charge in [0.05, 0.1) is 24.4 Å². The van der Waals surface area contributed by atoms with E-state index in [4.69, 9.17) is 9.57 Å². The summed E-state index contributed by atoms with van der Waals surface area (Å²) in [7, 11) is 0. The van der Waals surface area contributed by atoms with Crippen molar-refractivity contribution in [1.29, 1.82) is 0 Å². The number of nitrogens with zero attached hydrogens (tertiary/aromatic N) is 2. The highest BCUT2D eigenvalue weighted by molar-refractivity contribution is 6.06. The number of hydrogen-bond donors (Lipinski definition) is 1. The van der Waals surface area contributed by atoms with Crippen LogP contribution >= 0.6 is 0 Å². The highest BCUT2D eigenvalue weighted by Gasteiger charge is 2.49. The molecule has 1 amide bonds. The normalized spacial score (nSPS) is 17.5. The Hall–Kier alpha value is -3.95. The van der Waals surface area contributed by atoms with E-state index in [0.717, 1.165) is 11.5 Å². The fourth-order valence-electron chi connectivity index (χ4n) is 4.01. The maximum atomic E-state index is 13.5. The van der Waals surface area contributed by atoms with Crippen molar-refractivity contribution in [2.75, 3.05) is 13.2 Å². The van der Waals surface area contributed by atoms with Crippen LogP contribution in [0.15, 0.2) is 65.9 Å². The largest absolute Gasteiger partial charge is 0.463 e. The van der Waals surface area contributed by atoms with Crippen LogP contribution in [0.2, 0.25) is 0 Å². The summed E-state index contributed by atoms with van der Waals surface area (Å²) in [6, 6.07) is 14.0. The van der Waals surface area contributed by atoms with Crippen molar-refractivity contribution >= 4 is 28.4 Å². The second kappa shape index (κ2) is 9.73. The zero-order valence-corrected chi connectivity index (χ0v) is 18.8. The first-order valence-electron chi connectivity index (χ1n) is 10.9. The topological polar surface area (TPSA) is 89.9 Å². The van der Waals surface area contributed by atoms with E-state index in [1.165, 1.54) is 24.4 Å². The molecule has 1 unspecified atom stereocenters. The summed E-state index contributed by atoms with van der Waals surface area (Å²) >= 11 is 0. The van der Waals surface area contributed by atoms with Gasteiger partial charge in [-0.15, -0.1) is 0 Å². The molecule has 0 saturated carbocycles. The van der Waals surface area contributed by atoms with Gasteiger partial charge in [-0.2, -0.15) is 13.2 Å². The number of esters is 1. The molecule has 0 spiro atoms. The van der Waals surface area contributed by atoms with Crippen LogP contribution in [0, 0.1) is 0 Å². The van der Waals surface area contributed by atoms with Gasteiger partial charge in [0.15, 0.2) is 0 Å². The van der Waals surface area contributed by atoms with Crippen LogP contribution in [-0.2, 0) is 27.0 Å². The Morgan fingerprint density at radius 2 is 1.86 bits per heavy atom. The zero-order chi connectivity index (χ0) is 25.1. The minimum Gasteiger partial charge on any atom is -0.463 e. The number of alkyl halides is 3. The molecule has 0 radical (unpaired) electrons. The van der Waals surface area contributed by atoms with Gasteiger partial charge in [-0.1, -0.05) is 47.6 Å². The fraction of sp³-hybridized carbons (Fsp3) is 0.280.